The van der Waals surface area contributed by atoms with E-state index in [9.17, 15) is 0 Å². The first kappa shape index (κ1) is 13.5. The highest BCUT2D eigenvalue weighted by Gasteiger charge is 2.06. The van der Waals surface area contributed by atoms with Crippen LogP contribution < -0.4 is 5.32 Å². The Hall–Kier alpha value is -2.47. The van der Waals surface area contributed by atoms with Gasteiger partial charge in [-0.3, -0.25) is 0 Å². The molecule has 6 heteroatoms. The van der Waals surface area contributed by atoms with E-state index < -0.39 is 0 Å². The van der Waals surface area contributed by atoms with E-state index in [1.165, 1.54) is 5.56 Å². The average molecular weight is 282 g/mol. The van der Waals surface area contributed by atoms with Crippen molar-refractivity contribution in [2.45, 2.75) is 20.0 Å². The Kier molecular flexibility index (Phi) is 3.79. The van der Waals surface area contributed by atoms with Gasteiger partial charge >= 0.3 is 0 Å². The standard InChI is InChI=1S/C15H18N6/c1-12-18-19-15(20(12)2)11-16-10-13-6-3-4-7-14(13)21-9-5-8-17-21/h3-9,16H,10-11H2,1-2H3. The molecule has 0 spiro atoms. The topological polar surface area (TPSA) is 60.6 Å². The highest BCUT2D eigenvalue weighted by molar-refractivity contribution is 5.40. The fraction of sp³-hybridized carbons (Fsp3) is 0.267. The predicted octanol–water partition coefficient (Wildman–Crippen LogP) is 1.60. The molecule has 0 saturated carbocycles. The third-order valence-electron chi connectivity index (χ3n) is 3.52. The minimum Gasteiger partial charge on any atom is -0.317 e. The van der Waals surface area contributed by atoms with Crippen LogP contribution in [0.15, 0.2) is 42.7 Å². The first-order chi connectivity index (χ1) is 10.3. The number of para-hydroxylation sites is 1. The number of aryl methyl sites for hydroxylation is 1. The number of nitrogens with one attached hydrogen (secondary N) is 1. The maximum Gasteiger partial charge on any atom is 0.146 e. The van der Waals surface area contributed by atoms with Gasteiger partial charge in [0.1, 0.15) is 11.6 Å². The van der Waals surface area contributed by atoms with Crippen molar-refractivity contribution in [1.82, 2.24) is 29.9 Å². The largest absolute Gasteiger partial charge is 0.317 e. The van der Waals surface area contributed by atoms with Gasteiger partial charge in [-0.05, 0) is 24.6 Å². The van der Waals surface area contributed by atoms with E-state index >= 15 is 0 Å². The normalized spacial score (nSPS) is 11.0. The number of hydrogen-bond donors (Lipinski definition) is 1. The Labute approximate surface area is 123 Å². The maximum atomic E-state index is 4.29. The highest BCUT2D eigenvalue weighted by atomic mass is 15.3. The van der Waals surface area contributed by atoms with E-state index in [2.05, 4.69) is 32.7 Å². The molecule has 0 saturated heterocycles. The molecule has 3 aromatic rings. The van der Waals surface area contributed by atoms with Crippen molar-refractivity contribution in [2.75, 3.05) is 0 Å². The number of rotatable bonds is 5. The number of aromatic nitrogens is 5. The molecule has 3 rings (SSSR count). The van der Waals surface area contributed by atoms with Crippen LogP contribution in [0.2, 0.25) is 0 Å². The van der Waals surface area contributed by atoms with Crippen molar-refractivity contribution >= 4 is 0 Å². The van der Waals surface area contributed by atoms with Crippen LogP contribution in [0.5, 0.6) is 0 Å². The lowest BCUT2D eigenvalue weighted by molar-refractivity contribution is 0.631. The fourth-order valence-corrected chi connectivity index (χ4v) is 2.21. The first-order valence-electron chi connectivity index (χ1n) is 6.89. The summed E-state index contributed by atoms with van der Waals surface area (Å²) in [5.74, 6) is 1.85. The van der Waals surface area contributed by atoms with E-state index in [0.29, 0.717) is 6.54 Å². The van der Waals surface area contributed by atoms with Crippen molar-refractivity contribution in [3.63, 3.8) is 0 Å². The zero-order valence-electron chi connectivity index (χ0n) is 12.2. The quantitative estimate of drug-likeness (QED) is 0.772. The van der Waals surface area contributed by atoms with Crippen LogP contribution in [0.25, 0.3) is 5.69 Å². The van der Waals surface area contributed by atoms with Crippen molar-refractivity contribution in [1.29, 1.82) is 0 Å². The second-order valence-electron chi connectivity index (χ2n) is 4.91. The van der Waals surface area contributed by atoms with Crippen molar-refractivity contribution in [2.24, 2.45) is 7.05 Å². The summed E-state index contributed by atoms with van der Waals surface area (Å²) in [5, 5.41) is 15.9. The van der Waals surface area contributed by atoms with E-state index in [-0.39, 0.29) is 0 Å². The van der Waals surface area contributed by atoms with Gasteiger partial charge in [-0.15, -0.1) is 10.2 Å². The molecule has 0 amide bonds. The SMILES string of the molecule is Cc1nnc(CNCc2ccccc2-n2cccn2)n1C. The molecule has 1 aromatic carbocycles. The summed E-state index contributed by atoms with van der Waals surface area (Å²) in [6.07, 6.45) is 3.73. The summed E-state index contributed by atoms with van der Waals surface area (Å²) >= 11 is 0. The Morgan fingerprint density at radius 2 is 1.95 bits per heavy atom. The Morgan fingerprint density at radius 3 is 2.67 bits per heavy atom. The van der Waals surface area contributed by atoms with Gasteiger partial charge in [0.25, 0.3) is 0 Å². The minimum atomic E-state index is 0.685. The summed E-state index contributed by atoms with van der Waals surface area (Å²) in [5.41, 5.74) is 2.28. The molecule has 0 fully saturated rings. The lowest BCUT2D eigenvalue weighted by Crippen LogP contribution is -2.17. The van der Waals surface area contributed by atoms with Crippen LogP contribution in [0.4, 0.5) is 0 Å². The number of nitrogens with zero attached hydrogens (tertiary/aromatic N) is 5. The zero-order chi connectivity index (χ0) is 14.7. The Morgan fingerprint density at radius 1 is 1.10 bits per heavy atom. The maximum absolute atomic E-state index is 4.29. The molecular formula is C15H18N6. The van der Waals surface area contributed by atoms with Gasteiger partial charge in [0.15, 0.2) is 0 Å². The van der Waals surface area contributed by atoms with Crippen LogP contribution in [-0.4, -0.2) is 24.5 Å². The summed E-state index contributed by atoms with van der Waals surface area (Å²) in [6, 6.07) is 10.2. The van der Waals surface area contributed by atoms with E-state index in [1.54, 1.807) is 6.20 Å². The molecule has 0 aliphatic rings. The van der Waals surface area contributed by atoms with Crippen LogP contribution >= 0.6 is 0 Å². The summed E-state index contributed by atoms with van der Waals surface area (Å²) < 4.78 is 3.87. The first-order valence-corrected chi connectivity index (χ1v) is 6.89. The molecule has 0 unspecified atom stereocenters. The second kappa shape index (κ2) is 5.88. The molecule has 2 aromatic heterocycles. The van der Waals surface area contributed by atoms with Gasteiger partial charge < -0.3 is 9.88 Å². The molecule has 6 nitrogen and oxygen atoms in total. The Balaban J connectivity index is 1.70. The monoisotopic (exact) mass is 282 g/mol. The molecule has 0 aliphatic heterocycles. The lowest BCUT2D eigenvalue weighted by Gasteiger charge is -2.10. The second-order valence-corrected chi connectivity index (χ2v) is 4.91. The van der Waals surface area contributed by atoms with E-state index in [1.807, 2.05) is 47.6 Å². The highest BCUT2D eigenvalue weighted by Crippen LogP contribution is 2.13. The average Bonchev–Trinajstić information content (AvgIpc) is 3.13. The molecule has 0 aliphatic carbocycles. The fourth-order valence-electron chi connectivity index (χ4n) is 2.21. The number of hydrogen-bond acceptors (Lipinski definition) is 4. The van der Waals surface area contributed by atoms with Crippen LogP contribution in [0.3, 0.4) is 0 Å². The third-order valence-corrected chi connectivity index (χ3v) is 3.52. The molecule has 1 N–H and O–H groups in total. The minimum absolute atomic E-state index is 0.685. The summed E-state index contributed by atoms with van der Waals surface area (Å²) in [7, 11) is 1.98. The van der Waals surface area contributed by atoms with Gasteiger partial charge in [0.05, 0.1) is 12.2 Å². The molecule has 0 bridgehead atoms. The molecule has 2 heterocycles. The van der Waals surface area contributed by atoms with Crippen LogP contribution in [-0.2, 0) is 20.1 Å². The number of benzene rings is 1. The zero-order valence-corrected chi connectivity index (χ0v) is 12.2. The summed E-state index contributed by atoms with van der Waals surface area (Å²) in [4.78, 5) is 0. The third kappa shape index (κ3) is 2.85. The van der Waals surface area contributed by atoms with Crippen molar-refractivity contribution in [3.8, 4) is 5.69 Å². The van der Waals surface area contributed by atoms with E-state index in [0.717, 1.165) is 23.9 Å². The summed E-state index contributed by atoms with van der Waals surface area (Å²) in [6.45, 7) is 3.39. The van der Waals surface area contributed by atoms with Gasteiger partial charge in [-0.25, -0.2) is 4.68 Å². The van der Waals surface area contributed by atoms with Crippen LogP contribution in [0.1, 0.15) is 17.2 Å². The van der Waals surface area contributed by atoms with Gasteiger partial charge in [-0.1, -0.05) is 18.2 Å². The molecule has 0 atom stereocenters. The predicted molar refractivity (Wildman–Crippen MR) is 79.8 cm³/mol. The van der Waals surface area contributed by atoms with Gasteiger partial charge in [0, 0.05) is 26.0 Å². The van der Waals surface area contributed by atoms with Gasteiger partial charge in [0.2, 0.25) is 0 Å². The Bertz CT molecular complexity index is 714. The smallest absolute Gasteiger partial charge is 0.146 e. The van der Waals surface area contributed by atoms with Crippen LogP contribution in [0, 0.1) is 6.92 Å². The molecule has 0 radical (unpaired) electrons. The van der Waals surface area contributed by atoms with Crippen molar-refractivity contribution in [3.05, 3.63) is 59.9 Å². The van der Waals surface area contributed by atoms with Gasteiger partial charge in [-0.2, -0.15) is 5.10 Å². The molecule has 21 heavy (non-hydrogen) atoms. The molecule has 108 valence electrons. The van der Waals surface area contributed by atoms with Crippen molar-refractivity contribution < 1.29 is 0 Å². The molecular weight excluding hydrogens is 264 g/mol. The lowest BCUT2D eigenvalue weighted by atomic mass is 10.2. The van der Waals surface area contributed by atoms with E-state index in [4.69, 9.17) is 0 Å².